The van der Waals surface area contributed by atoms with Gasteiger partial charge in [-0.3, -0.25) is 0 Å². The second kappa shape index (κ2) is 4.14. The number of hydrogen-bond donors (Lipinski definition) is 0. The Morgan fingerprint density at radius 2 is 2.33 bits per heavy atom. The molecule has 1 aromatic rings. The normalized spacial score (nSPS) is 8.58. The molecule has 12 heavy (non-hydrogen) atoms. The van der Waals surface area contributed by atoms with Crippen molar-refractivity contribution in [1.82, 2.24) is 0 Å². The smallest absolute Gasteiger partial charge is 0.417 e. The number of nitriles is 1. The van der Waals surface area contributed by atoms with Gasteiger partial charge in [0, 0.05) is 0 Å². The molecule has 0 N–H and O–H groups in total. The van der Waals surface area contributed by atoms with Gasteiger partial charge in [-0.05, 0) is 17.7 Å². The molecular formula is C9H6NO2. The molecule has 0 spiro atoms. The van der Waals surface area contributed by atoms with Gasteiger partial charge in [0.1, 0.15) is 6.61 Å². The Morgan fingerprint density at radius 3 is 3.00 bits per heavy atom. The lowest BCUT2D eigenvalue weighted by Gasteiger charge is -1.97. The predicted octanol–water partition coefficient (Wildman–Crippen LogP) is 1.14. The molecule has 0 fully saturated rings. The van der Waals surface area contributed by atoms with Crippen molar-refractivity contribution in [3.05, 3.63) is 35.4 Å². The van der Waals surface area contributed by atoms with Gasteiger partial charge in [-0.2, -0.15) is 5.26 Å². The summed E-state index contributed by atoms with van der Waals surface area (Å²) in [6.45, 7) is 1.49. The van der Waals surface area contributed by atoms with Crippen molar-refractivity contribution >= 4 is 6.47 Å². The van der Waals surface area contributed by atoms with E-state index in [1.54, 1.807) is 24.3 Å². The summed E-state index contributed by atoms with van der Waals surface area (Å²) in [6.07, 6.45) is 0. The number of ether oxygens (including phenoxy) is 1. The van der Waals surface area contributed by atoms with Crippen LogP contribution in [0.2, 0.25) is 0 Å². The standard InChI is InChI=1S/C9H6NO2/c10-5-8-2-1-3-9(4-8)6-12-7-11/h1-4H,6H2. The zero-order valence-electron chi connectivity index (χ0n) is 6.28. The Kier molecular flexibility index (Phi) is 2.86. The van der Waals surface area contributed by atoms with E-state index in [-0.39, 0.29) is 6.61 Å². The first-order valence-corrected chi connectivity index (χ1v) is 3.35. The van der Waals surface area contributed by atoms with Crippen LogP contribution in [0.3, 0.4) is 0 Å². The third kappa shape index (κ3) is 2.10. The zero-order valence-corrected chi connectivity index (χ0v) is 6.28. The van der Waals surface area contributed by atoms with E-state index in [1.165, 1.54) is 6.47 Å². The average Bonchev–Trinajstić information content (AvgIpc) is 2.15. The summed E-state index contributed by atoms with van der Waals surface area (Å²) in [7, 11) is 0. The monoisotopic (exact) mass is 160 g/mol. The van der Waals surface area contributed by atoms with Crippen LogP contribution in [0, 0.1) is 11.3 Å². The summed E-state index contributed by atoms with van der Waals surface area (Å²) < 4.78 is 4.40. The largest absolute Gasteiger partial charge is 0.452 e. The first kappa shape index (κ1) is 8.28. The maximum absolute atomic E-state index is 9.72. The minimum Gasteiger partial charge on any atom is -0.452 e. The number of hydrogen-bond acceptors (Lipinski definition) is 3. The minimum atomic E-state index is 0.166. The van der Waals surface area contributed by atoms with Crippen molar-refractivity contribution in [2.24, 2.45) is 0 Å². The maximum Gasteiger partial charge on any atom is 0.417 e. The first-order chi connectivity index (χ1) is 5.86. The second-order valence-electron chi connectivity index (χ2n) is 2.18. The third-order valence-corrected chi connectivity index (χ3v) is 1.35. The van der Waals surface area contributed by atoms with E-state index in [9.17, 15) is 4.79 Å². The molecule has 1 aromatic carbocycles. The maximum atomic E-state index is 9.72. The van der Waals surface area contributed by atoms with Crippen LogP contribution in [0.25, 0.3) is 0 Å². The molecule has 59 valence electrons. The molecule has 0 atom stereocenters. The van der Waals surface area contributed by atoms with Crippen molar-refractivity contribution < 1.29 is 9.53 Å². The molecule has 0 amide bonds. The summed E-state index contributed by atoms with van der Waals surface area (Å²) in [5.41, 5.74) is 1.35. The van der Waals surface area contributed by atoms with Crippen LogP contribution in [-0.4, -0.2) is 6.47 Å². The van der Waals surface area contributed by atoms with E-state index in [0.717, 1.165) is 5.56 Å². The molecule has 0 aliphatic heterocycles. The van der Waals surface area contributed by atoms with Crippen molar-refractivity contribution in [2.75, 3.05) is 0 Å². The fourth-order valence-electron chi connectivity index (χ4n) is 0.843. The zero-order chi connectivity index (χ0) is 8.81. The summed E-state index contributed by atoms with van der Waals surface area (Å²) in [4.78, 5) is 9.72. The predicted molar refractivity (Wildman–Crippen MR) is 41.6 cm³/mol. The highest BCUT2D eigenvalue weighted by atomic mass is 16.5. The van der Waals surface area contributed by atoms with Crippen LogP contribution in [-0.2, 0) is 16.1 Å². The van der Waals surface area contributed by atoms with Crippen LogP contribution in [0.5, 0.6) is 0 Å². The van der Waals surface area contributed by atoms with Crippen molar-refractivity contribution in [3.63, 3.8) is 0 Å². The van der Waals surface area contributed by atoms with Crippen LogP contribution in [0.1, 0.15) is 11.1 Å². The Balaban J connectivity index is 2.74. The fraction of sp³-hybridized carbons (Fsp3) is 0.111. The van der Waals surface area contributed by atoms with Gasteiger partial charge in [0.2, 0.25) is 0 Å². The van der Waals surface area contributed by atoms with Gasteiger partial charge in [-0.1, -0.05) is 12.1 Å². The van der Waals surface area contributed by atoms with Crippen LogP contribution >= 0.6 is 0 Å². The van der Waals surface area contributed by atoms with Crippen molar-refractivity contribution in [1.29, 1.82) is 5.26 Å². The van der Waals surface area contributed by atoms with E-state index in [4.69, 9.17) is 5.26 Å². The molecule has 0 bridgehead atoms. The molecule has 3 nitrogen and oxygen atoms in total. The summed E-state index contributed by atoms with van der Waals surface area (Å²) in [5.74, 6) is 0. The quantitative estimate of drug-likeness (QED) is 0.666. The van der Waals surface area contributed by atoms with E-state index < -0.39 is 0 Å². The van der Waals surface area contributed by atoms with E-state index in [0.29, 0.717) is 5.56 Å². The molecule has 1 rings (SSSR count). The van der Waals surface area contributed by atoms with Gasteiger partial charge in [0.05, 0.1) is 11.6 Å². The number of nitrogens with zero attached hydrogens (tertiary/aromatic N) is 1. The molecule has 0 aromatic heterocycles. The highest BCUT2D eigenvalue weighted by molar-refractivity contribution is 5.39. The average molecular weight is 160 g/mol. The molecule has 1 radical (unpaired) electrons. The Labute approximate surface area is 70.2 Å². The van der Waals surface area contributed by atoms with Gasteiger partial charge in [-0.25, -0.2) is 4.79 Å². The molecule has 3 heteroatoms. The molecule has 0 saturated carbocycles. The third-order valence-electron chi connectivity index (χ3n) is 1.35. The lowest BCUT2D eigenvalue weighted by molar-refractivity contribution is 0.267. The topological polar surface area (TPSA) is 50.1 Å². The van der Waals surface area contributed by atoms with Crippen molar-refractivity contribution in [3.8, 4) is 6.07 Å². The van der Waals surface area contributed by atoms with Gasteiger partial charge in [0.15, 0.2) is 0 Å². The van der Waals surface area contributed by atoms with E-state index in [2.05, 4.69) is 4.74 Å². The number of carbonyl (C=O) groups excluding carboxylic acids is 1. The van der Waals surface area contributed by atoms with Gasteiger partial charge < -0.3 is 4.74 Å². The highest BCUT2D eigenvalue weighted by Crippen LogP contribution is 2.04. The fourth-order valence-corrected chi connectivity index (χ4v) is 0.843. The lowest BCUT2D eigenvalue weighted by Crippen LogP contribution is -1.90. The Bertz CT molecular complexity index is 315. The molecule has 0 unspecified atom stereocenters. The minimum absolute atomic E-state index is 0.166. The lowest BCUT2D eigenvalue weighted by atomic mass is 10.1. The molecule has 0 heterocycles. The molecular weight excluding hydrogens is 154 g/mol. The Hall–Kier alpha value is -1.82. The molecule has 0 saturated heterocycles. The van der Waals surface area contributed by atoms with Crippen LogP contribution < -0.4 is 0 Å². The molecule has 0 aliphatic rings. The van der Waals surface area contributed by atoms with Crippen LogP contribution in [0.4, 0.5) is 0 Å². The highest BCUT2D eigenvalue weighted by Gasteiger charge is 1.94. The van der Waals surface area contributed by atoms with Gasteiger partial charge >= 0.3 is 6.47 Å². The molecule has 0 aliphatic carbocycles. The van der Waals surface area contributed by atoms with Gasteiger partial charge in [0.25, 0.3) is 0 Å². The number of benzene rings is 1. The van der Waals surface area contributed by atoms with Crippen molar-refractivity contribution in [2.45, 2.75) is 6.61 Å². The SMILES string of the molecule is N#Cc1cccc(CO[C]=O)c1. The van der Waals surface area contributed by atoms with E-state index in [1.807, 2.05) is 6.07 Å². The first-order valence-electron chi connectivity index (χ1n) is 3.35. The Morgan fingerprint density at radius 1 is 1.50 bits per heavy atom. The van der Waals surface area contributed by atoms with Crippen LogP contribution in [0.15, 0.2) is 24.3 Å². The van der Waals surface area contributed by atoms with E-state index >= 15 is 0 Å². The summed E-state index contributed by atoms with van der Waals surface area (Å²) >= 11 is 0. The summed E-state index contributed by atoms with van der Waals surface area (Å²) in [6, 6.07) is 8.86. The summed E-state index contributed by atoms with van der Waals surface area (Å²) in [5, 5.41) is 8.52. The second-order valence-corrected chi connectivity index (χ2v) is 2.18. The van der Waals surface area contributed by atoms with Gasteiger partial charge in [-0.15, -0.1) is 0 Å². The number of rotatable bonds is 3.